The molecule has 0 aliphatic rings. The van der Waals surface area contributed by atoms with E-state index in [1.165, 1.54) is 11.1 Å². The predicted octanol–water partition coefficient (Wildman–Crippen LogP) is 1.74. The van der Waals surface area contributed by atoms with Crippen LogP contribution in [0.1, 0.15) is 31.0 Å². The minimum absolute atomic E-state index is 0.0887. The highest BCUT2D eigenvalue weighted by molar-refractivity contribution is 7.85. The van der Waals surface area contributed by atoms with E-state index in [0.717, 1.165) is 6.42 Å². The number of aryl methyl sites for hydroxylation is 1. The molecule has 0 aromatic heterocycles. The highest BCUT2D eigenvalue weighted by Gasteiger charge is 2.15. The number of hydrogen-bond donors (Lipinski definition) is 1. The molecule has 0 radical (unpaired) electrons. The van der Waals surface area contributed by atoms with Crippen molar-refractivity contribution < 1.29 is 9.00 Å². The highest BCUT2D eigenvalue weighted by atomic mass is 32.2. The van der Waals surface area contributed by atoms with Gasteiger partial charge in [0.2, 0.25) is 5.91 Å². The van der Waals surface area contributed by atoms with Crippen LogP contribution in [-0.4, -0.2) is 47.2 Å². The Kier molecular flexibility index (Phi) is 7.61. The molecule has 0 spiro atoms. The molecule has 1 N–H and O–H groups in total. The number of carbonyl (C=O) groups excluding carboxylic acids is 1. The minimum Gasteiger partial charge on any atom is -0.353 e. The molecule has 0 unspecified atom stereocenters. The number of rotatable bonds is 8. The normalized spacial score (nSPS) is 14.0. The summed E-state index contributed by atoms with van der Waals surface area (Å²) >= 11 is 0. The fourth-order valence-corrected chi connectivity index (χ4v) is 2.68. The summed E-state index contributed by atoms with van der Waals surface area (Å²) in [6.07, 6.45) is 1.02. The molecule has 0 fully saturated rings. The lowest BCUT2D eigenvalue weighted by molar-refractivity contribution is -0.118. The van der Waals surface area contributed by atoms with Gasteiger partial charge in [0.25, 0.3) is 0 Å². The van der Waals surface area contributed by atoms with Gasteiger partial charge in [0, 0.05) is 23.1 Å². The van der Waals surface area contributed by atoms with Crippen LogP contribution in [0.3, 0.4) is 0 Å². The third kappa shape index (κ3) is 5.98. The number of hydrogen-bond acceptors (Lipinski definition) is 3. The summed E-state index contributed by atoms with van der Waals surface area (Å²) in [4.78, 5) is 13.8. The van der Waals surface area contributed by atoms with Crippen LogP contribution < -0.4 is 5.32 Å². The van der Waals surface area contributed by atoms with Gasteiger partial charge >= 0.3 is 0 Å². The third-order valence-corrected chi connectivity index (χ3v) is 4.73. The summed E-state index contributed by atoms with van der Waals surface area (Å²) < 4.78 is 11.4. The molecular formula is C16H26N2O2S. The van der Waals surface area contributed by atoms with E-state index in [4.69, 9.17) is 0 Å². The Morgan fingerprint density at radius 2 is 1.86 bits per heavy atom. The van der Waals surface area contributed by atoms with E-state index in [2.05, 4.69) is 41.4 Å². The maximum Gasteiger partial charge on any atom is 0.232 e. The first kappa shape index (κ1) is 17.9. The van der Waals surface area contributed by atoms with Crippen LogP contribution >= 0.6 is 0 Å². The lowest BCUT2D eigenvalue weighted by Gasteiger charge is -2.25. The molecule has 0 aliphatic heterocycles. The lowest BCUT2D eigenvalue weighted by Crippen LogP contribution is -2.36. The Bertz CT molecular complexity index is 472. The van der Waals surface area contributed by atoms with Crippen molar-refractivity contribution in [3.05, 3.63) is 35.4 Å². The second-order valence-electron chi connectivity index (χ2n) is 5.25. The summed E-state index contributed by atoms with van der Waals surface area (Å²) in [5.41, 5.74) is 2.48. The van der Waals surface area contributed by atoms with Gasteiger partial charge in [0.05, 0.1) is 6.04 Å². The molecule has 1 aromatic rings. The van der Waals surface area contributed by atoms with Gasteiger partial charge in [-0.2, -0.15) is 0 Å². The first-order chi connectivity index (χ1) is 9.97. The fourth-order valence-electron chi connectivity index (χ4n) is 2.08. The fraction of sp³-hybridized carbons (Fsp3) is 0.562. The molecule has 0 aliphatic carbocycles. The molecule has 5 heteroatoms. The Morgan fingerprint density at radius 3 is 2.33 bits per heavy atom. The zero-order chi connectivity index (χ0) is 15.8. The van der Waals surface area contributed by atoms with Gasteiger partial charge in [-0.15, -0.1) is 0 Å². The quantitative estimate of drug-likeness (QED) is 0.795. The Balaban J connectivity index is 2.65. The van der Waals surface area contributed by atoms with E-state index >= 15 is 0 Å². The van der Waals surface area contributed by atoms with Crippen LogP contribution in [0, 0.1) is 0 Å². The van der Waals surface area contributed by atoms with Gasteiger partial charge in [-0.1, -0.05) is 38.1 Å². The first-order valence-corrected chi connectivity index (χ1v) is 8.83. The summed E-state index contributed by atoms with van der Waals surface area (Å²) in [6, 6.07) is 8.59. The summed E-state index contributed by atoms with van der Waals surface area (Å²) in [7, 11) is 2.93. The average Bonchev–Trinajstić information content (AvgIpc) is 2.47. The highest BCUT2D eigenvalue weighted by Crippen LogP contribution is 2.18. The van der Waals surface area contributed by atoms with E-state index < -0.39 is 10.8 Å². The van der Waals surface area contributed by atoms with E-state index in [1.54, 1.807) is 0 Å². The molecule has 1 rings (SSSR count). The van der Waals surface area contributed by atoms with Crippen LogP contribution in [0.25, 0.3) is 0 Å². The number of likely N-dealkylation sites (N-methyl/N-ethyl adjacent to an activating group) is 1. The van der Waals surface area contributed by atoms with Crippen molar-refractivity contribution >= 4 is 16.7 Å². The molecule has 0 heterocycles. The Morgan fingerprint density at radius 1 is 1.24 bits per heavy atom. The van der Waals surface area contributed by atoms with Crippen LogP contribution in [0.4, 0.5) is 0 Å². The third-order valence-electron chi connectivity index (χ3n) is 3.50. The monoisotopic (exact) mass is 310 g/mol. The average molecular weight is 310 g/mol. The molecule has 1 amide bonds. The lowest BCUT2D eigenvalue weighted by atomic mass is 10.0. The van der Waals surface area contributed by atoms with Crippen molar-refractivity contribution in [2.24, 2.45) is 0 Å². The van der Waals surface area contributed by atoms with Gasteiger partial charge in [-0.3, -0.25) is 9.00 Å². The number of benzene rings is 1. The molecule has 21 heavy (non-hydrogen) atoms. The van der Waals surface area contributed by atoms with Gasteiger partial charge in [0.1, 0.15) is 5.75 Å². The molecular weight excluding hydrogens is 284 g/mol. The first-order valence-electron chi connectivity index (χ1n) is 7.34. The van der Waals surface area contributed by atoms with Crippen LogP contribution in [0.5, 0.6) is 0 Å². The molecule has 0 saturated carbocycles. The van der Waals surface area contributed by atoms with E-state index in [9.17, 15) is 9.00 Å². The molecule has 2 atom stereocenters. The Labute approximate surface area is 130 Å². The standard InChI is InChI=1S/C16H26N2O2S/c1-5-13-7-9-14(10-8-13)15(18(3)4)11-17-16(19)12-21(20)6-2/h7-10,15H,5-6,11-12H2,1-4H3,(H,17,19)/t15-,21+/m1/s1. The molecule has 118 valence electrons. The van der Waals surface area contributed by atoms with Gasteiger partial charge in [-0.05, 0) is 31.6 Å². The van der Waals surface area contributed by atoms with Gasteiger partial charge < -0.3 is 10.2 Å². The topological polar surface area (TPSA) is 49.4 Å². The maximum atomic E-state index is 11.7. The Hall–Kier alpha value is -1.20. The van der Waals surface area contributed by atoms with Crippen LogP contribution in [-0.2, 0) is 22.0 Å². The number of nitrogens with one attached hydrogen (secondary N) is 1. The van der Waals surface area contributed by atoms with E-state index in [-0.39, 0.29) is 17.7 Å². The van der Waals surface area contributed by atoms with Crippen molar-refractivity contribution in [1.82, 2.24) is 10.2 Å². The number of amides is 1. The minimum atomic E-state index is -1.06. The van der Waals surface area contributed by atoms with E-state index in [1.807, 2.05) is 21.0 Å². The number of nitrogens with zero attached hydrogens (tertiary/aromatic N) is 1. The zero-order valence-corrected chi connectivity index (χ0v) is 14.2. The van der Waals surface area contributed by atoms with Crippen molar-refractivity contribution in [3.8, 4) is 0 Å². The summed E-state index contributed by atoms with van der Waals surface area (Å²) in [5, 5.41) is 2.88. The largest absolute Gasteiger partial charge is 0.353 e. The molecule has 1 aromatic carbocycles. The molecule has 0 saturated heterocycles. The molecule has 0 bridgehead atoms. The van der Waals surface area contributed by atoms with Crippen molar-refractivity contribution in [1.29, 1.82) is 0 Å². The smallest absolute Gasteiger partial charge is 0.232 e. The van der Waals surface area contributed by atoms with Gasteiger partial charge in [-0.25, -0.2) is 0 Å². The number of carbonyl (C=O) groups is 1. The zero-order valence-electron chi connectivity index (χ0n) is 13.4. The molecule has 4 nitrogen and oxygen atoms in total. The second kappa shape index (κ2) is 8.95. The second-order valence-corrected chi connectivity index (χ2v) is 7.00. The maximum absolute atomic E-state index is 11.7. The van der Waals surface area contributed by atoms with Crippen LogP contribution in [0.2, 0.25) is 0 Å². The van der Waals surface area contributed by atoms with Gasteiger partial charge in [0.15, 0.2) is 0 Å². The SMILES string of the molecule is CCc1ccc([C@@H](CNC(=O)C[S@@](=O)CC)N(C)C)cc1. The van der Waals surface area contributed by atoms with Crippen molar-refractivity contribution in [2.45, 2.75) is 26.3 Å². The predicted molar refractivity (Wildman–Crippen MR) is 88.8 cm³/mol. The van der Waals surface area contributed by atoms with E-state index in [0.29, 0.717) is 12.3 Å². The van der Waals surface area contributed by atoms with Crippen molar-refractivity contribution in [2.75, 3.05) is 32.1 Å². The van der Waals surface area contributed by atoms with Crippen molar-refractivity contribution in [3.63, 3.8) is 0 Å². The van der Waals surface area contributed by atoms with Crippen LogP contribution in [0.15, 0.2) is 24.3 Å². The summed E-state index contributed by atoms with van der Waals surface area (Å²) in [6.45, 7) is 4.48. The summed E-state index contributed by atoms with van der Waals surface area (Å²) in [5.74, 6) is 0.459.